The number of sulfonamides is 1. The Labute approximate surface area is 191 Å². The molecule has 0 radical (unpaired) electrons. The zero-order valence-corrected chi connectivity index (χ0v) is 19.0. The fourth-order valence-corrected chi connectivity index (χ4v) is 6.41. The fraction of sp³-hybridized carbons (Fsp3) is 0.455. The van der Waals surface area contributed by atoms with Crippen LogP contribution in [0.2, 0.25) is 0 Å². The summed E-state index contributed by atoms with van der Waals surface area (Å²) in [5.74, 6) is 0.980. The van der Waals surface area contributed by atoms with Crippen LogP contribution in [0.15, 0.2) is 40.2 Å². The second kappa shape index (κ2) is 8.37. The summed E-state index contributed by atoms with van der Waals surface area (Å²) in [6, 6.07) is 6.22. The highest BCUT2D eigenvalue weighted by Gasteiger charge is 2.40. The van der Waals surface area contributed by atoms with Gasteiger partial charge < -0.3 is 9.72 Å². The molecule has 2 unspecified atom stereocenters. The summed E-state index contributed by atoms with van der Waals surface area (Å²) in [6.07, 6.45) is 3.17. The molecule has 33 heavy (non-hydrogen) atoms. The first-order chi connectivity index (χ1) is 15.9. The lowest BCUT2D eigenvalue weighted by atomic mass is 9.97. The van der Waals surface area contributed by atoms with Crippen LogP contribution in [-0.2, 0) is 14.8 Å². The standard InChI is InChI=1S/C22H24N6O4S/c1-14-12-27(33(30,31)19-6-4-3-5-17(19)23-2)13-16(14)20-25-22(29)18-11-24-21(28(18)26-20)15-7-9-32-10-8-15/h3-6,11,14-16H,7-10,12-13H2,1H3,(H,25,26,29). The minimum absolute atomic E-state index is 0.00108. The predicted octanol–water partition coefficient (Wildman–Crippen LogP) is 2.29. The van der Waals surface area contributed by atoms with Gasteiger partial charge in [0, 0.05) is 38.1 Å². The number of imidazole rings is 1. The highest BCUT2D eigenvalue weighted by atomic mass is 32.2. The Hall–Kier alpha value is -3.07. The minimum Gasteiger partial charge on any atom is -0.381 e. The molecular weight excluding hydrogens is 444 g/mol. The number of H-pyrrole nitrogens is 1. The number of benzene rings is 1. The molecule has 0 amide bonds. The van der Waals surface area contributed by atoms with Crippen molar-refractivity contribution in [1.29, 1.82) is 0 Å². The summed E-state index contributed by atoms with van der Waals surface area (Å²) in [5, 5.41) is 4.71. The van der Waals surface area contributed by atoms with Gasteiger partial charge in [0.25, 0.3) is 5.56 Å². The van der Waals surface area contributed by atoms with Crippen molar-refractivity contribution >= 4 is 21.2 Å². The maximum atomic E-state index is 13.3. The molecule has 11 heteroatoms. The molecule has 2 fully saturated rings. The van der Waals surface area contributed by atoms with Crippen LogP contribution in [0.4, 0.5) is 5.69 Å². The molecule has 0 bridgehead atoms. The topological polar surface area (TPSA) is 114 Å². The van der Waals surface area contributed by atoms with E-state index in [2.05, 4.69) is 14.8 Å². The molecule has 0 saturated carbocycles. The predicted molar refractivity (Wildman–Crippen MR) is 120 cm³/mol. The number of ether oxygens (including phenoxy) is 1. The third kappa shape index (κ3) is 3.74. The van der Waals surface area contributed by atoms with Crippen LogP contribution in [0.25, 0.3) is 10.4 Å². The Balaban J connectivity index is 1.49. The van der Waals surface area contributed by atoms with Gasteiger partial charge in [-0.1, -0.05) is 31.2 Å². The van der Waals surface area contributed by atoms with E-state index in [1.807, 2.05) is 6.92 Å². The van der Waals surface area contributed by atoms with Gasteiger partial charge in [-0.15, -0.1) is 0 Å². The average Bonchev–Trinajstić information content (AvgIpc) is 3.44. The van der Waals surface area contributed by atoms with Crippen LogP contribution in [0.5, 0.6) is 0 Å². The van der Waals surface area contributed by atoms with Gasteiger partial charge in [0.1, 0.15) is 11.6 Å². The number of nitrogens with one attached hydrogen (secondary N) is 1. The molecule has 2 aromatic heterocycles. The maximum Gasteiger partial charge on any atom is 0.276 e. The number of aromatic nitrogens is 4. The molecule has 2 aliphatic heterocycles. The Bertz CT molecular complexity index is 1400. The Morgan fingerprint density at radius 3 is 2.73 bits per heavy atom. The van der Waals surface area contributed by atoms with E-state index < -0.39 is 10.0 Å². The zero-order chi connectivity index (χ0) is 23.2. The van der Waals surface area contributed by atoms with E-state index in [1.165, 1.54) is 22.6 Å². The van der Waals surface area contributed by atoms with Crippen molar-refractivity contribution in [2.45, 2.75) is 36.5 Å². The van der Waals surface area contributed by atoms with Crippen LogP contribution < -0.4 is 5.56 Å². The summed E-state index contributed by atoms with van der Waals surface area (Å²) in [6.45, 7) is 11.0. The second-order valence-corrected chi connectivity index (χ2v) is 10.5. The SMILES string of the molecule is [C-]#[N+]c1ccccc1S(=O)(=O)N1CC(C)C(c2nn3c(C4CCOCC4)ncc3c(=O)[nH]2)C1. The van der Waals surface area contributed by atoms with Gasteiger partial charge in [-0.05, 0) is 18.8 Å². The quantitative estimate of drug-likeness (QED) is 0.588. The fourth-order valence-electron chi connectivity index (χ4n) is 4.72. The van der Waals surface area contributed by atoms with Gasteiger partial charge in [0.05, 0.1) is 17.7 Å². The Kier molecular flexibility index (Phi) is 5.52. The molecule has 2 atom stereocenters. The lowest BCUT2D eigenvalue weighted by Gasteiger charge is -2.21. The number of nitrogens with zero attached hydrogens (tertiary/aromatic N) is 5. The Morgan fingerprint density at radius 2 is 1.97 bits per heavy atom. The molecule has 2 aliphatic rings. The number of hydrogen-bond acceptors (Lipinski definition) is 6. The van der Waals surface area contributed by atoms with Gasteiger partial charge in [0.15, 0.2) is 5.52 Å². The normalized spacial score (nSPS) is 22.5. The van der Waals surface area contributed by atoms with Crippen LogP contribution in [0.1, 0.15) is 43.3 Å². The van der Waals surface area contributed by atoms with Crippen molar-refractivity contribution in [3.8, 4) is 0 Å². The molecule has 0 aliphatic carbocycles. The summed E-state index contributed by atoms with van der Waals surface area (Å²) < 4.78 is 35.0. The number of hydrogen-bond donors (Lipinski definition) is 1. The highest BCUT2D eigenvalue weighted by Crippen LogP contribution is 2.36. The van der Waals surface area contributed by atoms with Gasteiger partial charge in [-0.2, -0.15) is 9.40 Å². The number of rotatable bonds is 4. The molecule has 1 aromatic carbocycles. The van der Waals surface area contributed by atoms with Gasteiger partial charge >= 0.3 is 0 Å². The maximum absolute atomic E-state index is 13.3. The smallest absolute Gasteiger partial charge is 0.276 e. The number of fused-ring (bicyclic) bond motifs is 1. The van der Waals surface area contributed by atoms with E-state index in [0.29, 0.717) is 24.6 Å². The third-order valence-corrected chi connectivity index (χ3v) is 8.45. The van der Waals surface area contributed by atoms with E-state index >= 15 is 0 Å². The summed E-state index contributed by atoms with van der Waals surface area (Å²) in [5.41, 5.74) is 0.181. The van der Waals surface area contributed by atoms with Gasteiger partial charge in [-0.3, -0.25) is 4.79 Å². The molecular formula is C22H24N6O4S. The van der Waals surface area contributed by atoms with E-state index in [9.17, 15) is 13.2 Å². The second-order valence-electron chi connectivity index (χ2n) is 8.62. The molecule has 10 nitrogen and oxygen atoms in total. The first-order valence-electron chi connectivity index (χ1n) is 10.9. The molecule has 5 rings (SSSR count). The molecule has 172 valence electrons. The molecule has 2 saturated heterocycles. The molecule has 0 spiro atoms. The van der Waals surface area contributed by atoms with Crippen molar-refractivity contribution in [3.05, 3.63) is 63.9 Å². The van der Waals surface area contributed by atoms with Crippen molar-refractivity contribution in [2.24, 2.45) is 5.92 Å². The van der Waals surface area contributed by atoms with Crippen LogP contribution in [0, 0.1) is 12.5 Å². The van der Waals surface area contributed by atoms with Gasteiger partial charge in [-0.25, -0.2) is 22.8 Å². The summed E-state index contributed by atoms with van der Waals surface area (Å²) in [4.78, 5) is 23.5. The van der Waals surface area contributed by atoms with Crippen LogP contribution in [0.3, 0.4) is 0 Å². The first-order valence-corrected chi connectivity index (χ1v) is 12.4. The van der Waals surface area contributed by atoms with E-state index in [1.54, 1.807) is 16.6 Å². The van der Waals surface area contributed by atoms with E-state index in [4.69, 9.17) is 16.4 Å². The van der Waals surface area contributed by atoms with Crippen molar-refractivity contribution in [1.82, 2.24) is 23.9 Å². The largest absolute Gasteiger partial charge is 0.381 e. The monoisotopic (exact) mass is 468 g/mol. The number of aromatic amines is 1. The molecule has 1 N–H and O–H groups in total. The summed E-state index contributed by atoms with van der Waals surface area (Å²) >= 11 is 0. The molecule has 4 heterocycles. The number of para-hydroxylation sites is 1. The lowest BCUT2D eigenvalue weighted by molar-refractivity contribution is 0.0832. The first kappa shape index (κ1) is 21.8. The van der Waals surface area contributed by atoms with E-state index in [0.717, 1.165) is 18.7 Å². The lowest BCUT2D eigenvalue weighted by Crippen LogP contribution is -2.29. The average molecular weight is 469 g/mol. The molecule has 3 aromatic rings. The van der Waals surface area contributed by atoms with Gasteiger partial charge in [0.2, 0.25) is 15.7 Å². The van der Waals surface area contributed by atoms with E-state index in [-0.39, 0.29) is 47.0 Å². The van der Waals surface area contributed by atoms with Crippen molar-refractivity contribution in [2.75, 3.05) is 26.3 Å². The minimum atomic E-state index is -3.86. The van der Waals surface area contributed by atoms with Crippen molar-refractivity contribution in [3.63, 3.8) is 0 Å². The highest BCUT2D eigenvalue weighted by molar-refractivity contribution is 7.89. The van der Waals surface area contributed by atoms with Crippen LogP contribution >= 0.6 is 0 Å². The van der Waals surface area contributed by atoms with Crippen molar-refractivity contribution < 1.29 is 13.2 Å². The van der Waals surface area contributed by atoms with Crippen LogP contribution in [-0.4, -0.2) is 58.6 Å². The third-order valence-electron chi connectivity index (χ3n) is 6.57. The zero-order valence-electron chi connectivity index (χ0n) is 18.1. The Morgan fingerprint density at radius 1 is 1.21 bits per heavy atom. The summed E-state index contributed by atoms with van der Waals surface area (Å²) in [7, 11) is -3.86.